The predicted molar refractivity (Wildman–Crippen MR) is 124 cm³/mol. The third kappa shape index (κ3) is 5.64. The molecule has 0 radical (unpaired) electrons. The Bertz CT molecular complexity index is 902. The lowest BCUT2D eigenvalue weighted by Crippen LogP contribution is -2.37. The van der Waals surface area contributed by atoms with Gasteiger partial charge in [0.05, 0.1) is 6.42 Å². The van der Waals surface area contributed by atoms with E-state index in [1.165, 1.54) is 19.3 Å². The van der Waals surface area contributed by atoms with Crippen molar-refractivity contribution in [2.75, 3.05) is 13.1 Å². The predicted octanol–water partition coefficient (Wildman–Crippen LogP) is 4.73. The SMILES string of the molecule is Cc1nc(C2CCN(Cc3ccccc3Cl)C2)nc(C)c1CC(=O)NC1CCCCC1. The molecule has 2 aromatic rings. The van der Waals surface area contributed by atoms with Crippen LogP contribution in [-0.4, -0.2) is 39.9 Å². The Kier molecular flexibility index (Phi) is 7.24. The van der Waals surface area contributed by atoms with Crippen molar-refractivity contribution in [3.8, 4) is 0 Å². The van der Waals surface area contributed by atoms with Gasteiger partial charge in [0.15, 0.2) is 0 Å². The van der Waals surface area contributed by atoms with E-state index in [4.69, 9.17) is 21.6 Å². The van der Waals surface area contributed by atoms with E-state index < -0.39 is 0 Å². The number of rotatable bonds is 6. The molecule has 2 heterocycles. The number of likely N-dealkylation sites (tertiary alicyclic amines) is 1. The normalized spacial score (nSPS) is 20.2. The molecule has 5 nitrogen and oxygen atoms in total. The van der Waals surface area contributed by atoms with Crippen LogP contribution in [0.3, 0.4) is 0 Å². The van der Waals surface area contributed by atoms with Gasteiger partial charge in [-0.3, -0.25) is 9.69 Å². The van der Waals surface area contributed by atoms with Crippen LogP contribution < -0.4 is 5.32 Å². The zero-order valence-corrected chi connectivity index (χ0v) is 19.4. The minimum atomic E-state index is 0.0984. The molecule has 31 heavy (non-hydrogen) atoms. The highest BCUT2D eigenvalue weighted by Crippen LogP contribution is 2.28. The molecule has 4 rings (SSSR count). The molecule has 1 N–H and O–H groups in total. The number of hydrogen-bond donors (Lipinski definition) is 1. The van der Waals surface area contributed by atoms with Crippen LogP contribution in [0.15, 0.2) is 24.3 Å². The standard InChI is InChI=1S/C25H33ClN4O/c1-17-22(14-24(31)29-21-9-4-3-5-10-21)18(2)28-25(27-17)20-12-13-30(16-20)15-19-8-6-7-11-23(19)26/h6-8,11,20-21H,3-5,9-10,12-16H2,1-2H3,(H,29,31). The van der Waals surface area contributed by atoms with Gasteiger partial charge in [-0.1, -0.05) is 49.1 Å². The molecular formula is C25H33ClN4O. The topological polar surface area (TPSA) is 58.1 Å². The number of halogens is 1. The first-order valence-electron chi connectivity index (χ1n) is 11.6. The number of nitrogens with one attached hydrogen (secondary N) is 1. The maximum absolute atomic E-state index is 12.6. The van der Waals surface area contributed by atoms with E-state index in [0.29, 0.717) is 18.4 Å². The summed E-state index contributed by atoms with van der Waals surface area (Å²) in [6.45, 7) is 6.83. The molecule has 6 heteroatoms. The molecule has 1 aromatic heterocycles. The van der Waals surface area contributed by atoms with Crippen molar-refractivity contribution < 1.29 is 4.79 Å². The Labute approximate surface area is 190 Å². The fourth-order valence-corrected chi connectivity index (χ4v) is 5.14. The van der Waals surface area contributed by atoms with Crippen LogP contribution in [0, 0.1) is 13.8 Å². The van der Waals surface area contributed by atoms with Gasteiger partial charge in [-0.15, -0.1) is 0 Å². The second-order valence-electron chi connectivity index (χ2n) is 9.12. The van der Waals surface area contributed by atoms with Crippen molar-refractivity contribution in [3.63, 3.8) is 0 Å². The van der Waals surface area contributed by atoms with Crippen molar-refractivity contribution in [2.24, 2.45) is 0 Å². The van der Waals surface area contributed by atoms with E-state index in [0.717, 1.165) is 72.3 Å². The van der Waals surface area contributed by atoms with Gasteiger partial charge in [0.1, 0.15) is 5.82 Å². The molecule has 1 saturated carbocycles. The van der Waals surface area contributed by atoms with Gasteiger partial charge < -0.3 is 5.32 Å². The highest BCUT2D eigenvalue weighted by Gasteiger charge is 2.27. The summed E-state index contributed by atoms with van der Waals surface area (Å²) in [4.78, 5) is 24.7. The number of hydrogen-bond acceptors (Lipinski definition) is 4. The summed E-state index contributed by atoms with van der Waals surface area (Å²) in [5, 5.41) is 4.04. The highest BCUT2D eigenvalue weighted by molar-refractivity contribution is 6.31. The van der Waals surface area contributed by atoms with Crippen LogP contribution in [0.5, 0.6) is 0 Å². The lowest BCUT2D eigenvalue weighted by Gasteiger charge is -2.23. The van der Waals surface area contributed by atoms with Crippen molar-refractivity contribution in [1.82, 2.24) is 20.2 Å². The first-order chi connectivity index (χ1) is 15.0. The summed E-state index contributed by atoms with van der Waals surface area (Å²) < 4.78 is 0. The molecule has 2 fully saturated rings. The average molecular weight is 441 g/mol. The maximum atomic E-state index is 12.6. The van der Waals surface area contributed by atoms with Crippen LogP contribution in [0.4, 0.5) is 0 Å². The van der Waals surface area contributed by atoms with Gasteiger partial charge in [-0.25, -0.2) is 9.97 Å². The second-order valence-corrected chi connectivity index (χ2v) is 9.53. The first-order valence-corrected chi connectivity index (χ1v) is 12.0. The van der Waals surface area contributed by atoms with Crippen molar-refractivity contribution in [2.45, 2.75) is 77.3 Å². The van der Waals surface area contributed by atoms with E-state index in [9.17, 15) is 4.79 Å². The molecule has 0 bridgehead atoms. The van der Waals surface area contributed by atoms with Crippen LogP contribution in [-0.2, 0) is 17.8 Å². The molecule has 1 unspecified atom stereocenters. The number of benzene rings is 1. The number of nitrogens with zero attached hydrogens (tertiary/aromatic N) is 3. The lowest BCUT2D eigenvalue weighted by molar-refractivity contribution is -0.121. The number of carbonyl (C=O) groups excluding carboxylic acids is 1. The van der Waals surface area contributed by atoms with E-state index in [1.54, 1.807) is 0 Å². The number of aromatic nitrogens is 2. The zero-order valence-electron chi connectivity index (χ0n) is 18.7. The van der Waals surface area contributed by atoms with Crippen LogP contribution in [0.25, 0.3) is 0 Å². The Hall–Kier alpha value is -1.98. The minimum absolute atomic E-state index is 0.0984. The number of amides is 1. The molecule has 1 aliphatic carbocycles. The molecule has 1 amide bonds. The Morgan fingerprint density at radius 2 is 1.81 bits per heavy atom. The quantitative estimate of drug-likeness (QED) is 0.705. The summed E-state index contributed by atoms with van der Waals surface area (Å²) in [6, 6.07) is 8.38. The van der Waals surface area contributed by atoms with Gasteiger partial charge in [-0.2, -0.15) is 0 Å². The van der Waals surface area contributed by atoms with E-state index in [1.807, 2.05) is 32.0 Å². The average Bonchev–Trinajstić information content (AvgIpc) is 3.22. The molecule has 2 aliphatic rings. The van der Waals surface area contributed by atoms with Crippen molar-refractivity contribution in [3.05, 3.63) is 57.6 Å². The van der Waals surface area contributed by atoms with Gasteiger partial charge in [0.2, 0.25) is 5.91 Å². The molecule has 166 valence electrons. The van der Waals surface area contributed by atoms with Crippen LogP contribution >= 0.6 is 11.6 Å². The number of aryl methyl sites for hydroxylation is 2. The molecular weight excluding hydrogens is 408 g/mol. The fraction of sp³-hybridized carbons (Fsp3) is 0.560. The van der Waals surface area contributed by atoms with Crippen LogP contribution in [0.2, 0.25) is 5.02 Å². The first kappa shape index (κ1) is 22.2. The van der Waals surface area contributed by atoms with Gasteiger partial charge in [0, 0.05) is 47.0 Å². The summed E-state index contributed by atoms with van der Waals surface area (Å²) >= 11 is 6.33. The Morgan fingerprint density at radius 3 is 2.52 bits per heavy atom. The summed E-state index contributed by atoms with van der Waals surface area (Å²) in [6.07, 6.45) is 7.35. The van der Waals surface area contributed by atoms with Gasteiger partial charge >= 0.3 is 0 Å². The fourth-order valence-electron chi connectivity index (χ4n) is 4.94. The van der Waals surface area contributed by atoms with Crippen LogP contribution in [0.1, 0.15) is 72.8 Å². The number of carbonyl (C=O) groups is 1. The third-order valence-electron chi connectivity index (χ3n) is 6.73. The molecule has 1 atom stereocenters. The largest absolute Gasteiger partial charge is 0.353 e. The molecule has 0 spiro atoms. The van der Waals surface area contributed by atoms with Gasteiger partial charge in [0.25, 0.3) is 0 Å². The smallest absolute Gasteiger partial charge is 0.224 e. The molecule has 1 aromatic carbocycles. The highest BCUT2D eigenvalue weighted by atomic mass is 35.5. The van der Waals surface area contributed by atoms with E-state index in [-0.39, 0.29) is 5.91 Å². The Morgan fingerprint density at radius 1 is 1.10 bits per heavy atom. The Balaban J connectivity index is 1.38. The van der Waals surface area contributed by atoms with E-state index in [2.05, 4.69) is 16.3 Å². The molecule has 1 aliphatic heterocycles. The zero-order chi connectivity index (χ0) is 21.8. The van der Waals surface area contributed by atoms with E-state index >= 15 is 0 Å². The van der Waals surface area contributed by atoms with Crippen molar-refractivity contribution in [1.29, 1.82) is 0 Å². The maximum Gasteiger partial charge on any atom is 0.224 e. The minimum Gasteiger partial charge on any atom is -0.353 e. The van der Waals surface area contributed by atoms with Crippen molar-refractivity contribution >= 4 is 17.5 Å². The van der Waals surface area contributed by atoms with Gasteiger partial charge in [-0.05, 0) is 51.3 Å². The summed E-state index contributed by atoms with van der Waals surface area (Å²) in [5.41, 5.74) is 4.01. The summed E-state index contributed by atoms with van der Waals surface area (Å²) in [7, 11) is 0. The third-order valence-corrected chi connectivity index (χ3v) is 7.10. The summed E-state index contributed by atoms with van der Waals surface area (Å²) in [5.74, 6) is 1.33. The second kappa shape index (κ2) is 10.1. The monoisotopic (exact) mass is 440 g/mol. The lowest BCUT2D eigenvalue weighted by atomic mass is 9.95. The molecule has 1 saturated heterocycles.